The molecular weight excluding hydrogens is 985 g/mol. The molecule has 0 saturated heterocycles. The van der Waals surface area contributed by atoms with Gasteiger partial charge in [0.05, 0.1) is 22.7 Å². The molecule has 0 amide bonds. The normalized spacial score (nSPS) is 14.2. The Bertz CT molecular complexity index is 4520. The van der Waals surface area contributed by atoms with Gasteiger partial charge in [0.1, 0.15) is 11.3 Å². The van der Waals surface area contributed by atoms with Crippen LogP contribution < -0.4 is 9.80 Å². The fourth-order valence-corrected chi connectivity index (χ4v) is 14.3. The first-order valence-electron chi connectivity index (χ1n) is 29.3. The average molecular weight is 1050 g/mol. The van der Waals surface area contributed by atoms with E-state index in [1.807, 2.05) is 0 Å². The van der Waals surface area contributed by atoms with E-state index in [2.05, 4.69) is 249 Å². The van der Waals surface area contributed by atoms with Crippen LogP contribution in [0.2, 0.25) is 0 Å². The molecule has 0 atom stereocenters. The van der Waals surface area contributed by atoms with Crippen molar-refractivity contribution in [2.75, 3.05) is 9.80 Å². The van der Waals surface area contributed by atoms with Crippen LogP contribution in [-0.2, 0) is 0 Å². The standard InChI is InChI=1S/C77H64N2O2/c1-48-33-37-56(38-34-48)78(69-31-15-27-59(75(69)80)55-25-13-24-54(45-55)58-26-12-7-17-50(58)3)71-46-67(52-20-8-9-21-52)61-42-44-66-72(47-68(53-22-10-11-23-53)62-41-43-65(71)73(61)74(62)66)79(57-39-35-49(2)36-40-57)70-32-16-30-64-63-29-14-28-60(76(63)81-77(64)70)51-18-5-4-6-19-51/h4-7,12-19,24-47,52-53,80H,8-11,20-23H2,1-3H3. The Morgan fingerprint density at radius 2 is 0.815 bits per heavy atom. The molecule has 0 spiro atoms. The number of phenolic OH excluding ortho intramolecular Hbond substituents is 1. The van der Waals surface area contributed by atoms with Crippen LogP contribution >= 0.6 is 0 Å². The zero-order valence-corrected chi connectivity index (χ0v) is 46.3. The van der Waals surface area contributed by atoms with Gasteiger partial charge in [-0.1, -0.05) is 201 Å². The first-order valence-corrected chi connectivity index (χ1v) is 29.3. The van der Waals surface area contributed by atoms with E-state index < -0.39 is 0 Å². The van der Waals surface area contributed by atoms with Crippen molar-refractivity contribution in [3.05, 3.63) is 246 Å². The second kappa shape index (κ2) is 19.9. The number of benzene rings is 12. The maximum absolute atomic E-state index is 13.1. The topological polar surface area (TPSA) is 39.9 Å². The zero-order valence-electron chi connectivity index (χ0n) is 46.3. The van der Waals surface area contributed by atoms with Gasteiger partial charge in [-0.05, 0) is 173 Å². The van der Waals surface area contributed by atoms with Crippen molar-refractivity contribution in [2.24, 2.45) is 0 Å². The summed E-state index contributed by atoms with van der Waals surface area (Å²) in [6.45, 7) is 6.49. The van der Waals surface area contributed by atoms with Gasteiger partial charge in [-0.3, -0.25) is 0 Å². The molecule has 1 N–H and O–H groups in total. The Morgan fingerprint density at radius 3 is 1.42 bits per heavy atom. The van der Waals surface area contributed by atoms with Crippen molar-refractivity contribution >= 4 is 88.4 Å². The molecule has 2 saturated carbocycles. The molecule has 394 valence electrons. The van der Waals surface area contributed by atoms with Gasteiger partial charge < -0.3 is 19.3 Å². The van der Waals surface area contributed by atoms with Crippen LogP contribution in [0.5, 0.6) is 5.75 Å². The molecule has 0 bridgehead atoms. The minimum absolute atomic E-state index is 0.253. The second-order valence-electron chi connectivity index (χ2n) is 23.2. The molecule has 1 heterocycles. The third kappa shape index (κ3) is 8.25. The minimum Gasteiger partial charge on any atom is -0.505 e. The van der Waals surface area contributed by atoms with Crippen LogP contribution in [0.1, 0.15) is 91.0 Å². The maximum atomic E-state index is 13.1. The molecule has 2 aliphatic carbocycles. The summed E-state index contributed by atoms with van der Waals surface area (Å²) < 4.78 is 7.29. The lowest BCUT2D eigenvalue weighted by molar-refractivity contribution is 0.478. The summed E-state index contributed by atoms with van der Waals surface area (Å²) in [6.07, 6.45) is 9.53. The summed E-state index contributed by atoms with van der Waals surface area (Å²) in [7, 11) is 0. The fourth-order valence-electron chi connectivity index (χ4n) is 14.3. The Balaban J connectivity index is 1.01. The number of phenols is 1. The molecule has 13 aromatic rings. The van der Waals surface area contributed by atoms with Gasteiger partial charge in [0, 0.05) is 44.0 Å². The molecular formula is C77H64N2O2. The number of rotatable bonds is 11. The van der Waals surface area contributed by atoms with Crippen molar-refractivity contribution in [1.29, 1.82) is 0 Å². The van der Waals surface area contributed by atoms with Gasteiger partial charge in [0.2, 0.25) is 0 Å². The molecule has 4 nitrogen and oxygen atoms in total. The summed E-state index contributed by atoms with van der Waals surface area (Å²) in [6, 6.07) is 80.1. The van der Waals surface area contributed by atoms with Crippen LogP contribution in [0.25, 0.3) is 87.6 Å². The predicted octanol–water partition coefficient (Wildman–Crippen LogP) is 22.4. The highest BCUT2D eigenvalue weighted by Crippen LogP contribution is 2.55. The van der Waals surface area contributed by atoms with Crippen molar-refractivity contribution in [3.63, 3.8) is 0 Å². The van der Waals surface area contributed by atoms with Gasteiger partial charge in [0.25, 0.3) is 0 Å². The minimum atomic E-state index is 0.253. The SMILES string of the molecule is Cc1ccc(N(c2cccc(-c3cccc(-c4ccccc4C)c3)c2O)c2cc(C3CCCC3)c3ccc4c(N(c5ccc(C)cc5)c5cccc6c5oc5c(-c7ccccc7)cccc56)cc(C5CCCC5)c5ccc2c3c54)cc1. The van der Waals surface area contributed by atoms with E-state index in [1.165, 1.54) is 104 Å². The molecule has 0 aliphatic heterocycles. The lowest BCUT2D eigenvalue weighted by Gasteiger charge is -2.32. The van der Waals surface area contributed by atoms with Crippen LogP contribution in [0.3, 0.4) is 0 Å². The third-order valence-corrected chi connectivity index (χ3v) is 18.3. The first kappa shape index (κ1) is 49.0. The predicted molar refractivity (Wildman–Crippen MR) is 341 cm³/mol. The second-order valence-corrected chi connectivity index (χ2v) is 23.2. The maximum Gasteiger partial charge on any atom is 0.159 e. The summed E-state index contributed by atoms with van der Waals surface area (Å²) in [5.74, 6) is 1.08. The van der Waals surface area contributed by atoms with Crippen molar-refractivity contribution in [1.82, 2.24) is 0 Å². The van der Waals surface area contributed by atoms with E-state index in [1.54, 1.807) is 0 Å². The highest BCUT2D eigenvalue weighted by atomic mass is 16.3. The van der Waals surface area contributed by atoms with Gasteiger partial charge in [-0.2, -0.15) is 0 Å². The van der Waals surface area contributed by atoms with E-state index >= 15 is 0 Å². The number of para-hydroxylation sites is 3. The third-order valence-electron chi connectivity index (χ3n) is 18.3. The number of hydrogen-bond donors (Lipinski definition) is 1. The Kier molecular flexibility index (Phi) is 12.0. The van der Waals surface area contributed by atoms with Crippen molar-refractivity contribution in [2.45, 2.75) is 84.0 Å². The molecule has 15 rings (SSSR count). The molecule has 1 aromatic heterocycles. The summed E-state index contributed by atoms with van der Waals surface area (Å²) in [4.78, 5) is 4.86. The number of hydrogen-bond acceptors (Lipinski definition) is 4. The largest absolute Gasteiger partial charge is 0.505 e. The van der Waals surface area contributed by atoms with E-state index in [0.717, 1.165) is 96.7 Å². The zero-order chi connectivity index (χ0) is 54.3. The van der Waals surface area contributed by atoms with Gasteiger partial charge >= 0.3 is 0 Å². The highest BCUT2D eigenvalue weighted by Gasteiger charge is 2.32. The fraction of sp³-hybridized carbons (Fsp3) is 0.169. The summed E-state index contributed by atoms with van der Waals surface area (Å²) in [5.41, 5.74) is 20.6. The van der Waals surface area contributed by atoms with Crippen LogP contribution in [0.4, 0.5) is 34.1 Å². The monoisotopic (exact) mass is 1050 g/mol. The van der Waals surface area contributed by atoms with E-state index in [4.69, 9.17) is 4.42 Å². The Hall–Kier alpha value is -9.12. The van der Waals surface area contributed by atoms with Crippen LogP contribution in [0, 0.1) is 20.8 Å². The van der Waals surface area contributed by atoms with E-state index in [0.29, 0.717) is 11.8 Å². The molecule has 81 heavy (non-hydrogen) atoms. The summed E-state index contributed by atoms with van der Waals surface area (Å²) >= 11 is 0. The molecule has 0 radical (unpaired) electrons. The lowest BCUT2D eigenvalue weighted by Crippen LogP contribution is -2.13. The van der Waals surface area contributed by atoms with Gasteiger partial charge in [-0.15, -0.1) is 0 Å². The number of fused-ring (bicyclic) bond motifs is 3. The van der Waals surface area contributed by atoms with Crippen molar-refractivity contribution < 1.29 is 9.52 Å². The van der Waals surface area contributed by atoms with E-state index in [9.17, 15) is 5.11 Å². The number of aryl methyl sites for hydroxylation is 3. The highest BCUT2D eigenvalue weighted by molar-refractivity contribution is 6.30. The number of nitrogens with zero attached hydrogens (tertiary/aromatic N) is 2. The number of anilines is 6. The lowest BCUT2D eigenvalue weighted by atomic mass is 9.82. The summed E-state index contributed by atoms with van der Waals surface area (Å²) in [5, 5.41) is 22.9. The quantitative estimate of drug-likeness (QED) is 0.131. The smallest absolute Gasteiger partial charge is 0.159 e. The molecule has 2 aliphatic rings. The van der Waals surface area contributed by atoms with Crippen molar-refractivity contribution in [3.8, 4) is 39.1 Å². The first-order chi connectivity index (χ1) is 39.8. The van der Waals surface area contributed by atoms with Crippen LogP contribution in [0.15, 0.2) is 223 Å². The molecule has 12 aromatic carbocycles. The number of furan rings is 1. The Morgan fingerprint density at radius 1 is 0.358 bits per heavy atom. The average Bonchev–Trinajstić information content (AvgIpc) is 4.49. The Labute approximate surface area is 474 Å². The van der Waals surface area contributed by atoms with Gasteiger partial charge in [-0.25, -0.2) is 0 Å². The molecule has 0 unspecified atom stereocenters. The van der Waals surface area contributed by atoms with Crippen LogP contribution in [-0.4, -0.2) is 5.11 Å². The molecule has 2 fully saturated rings. The number of aromatic hydroxyl groups is 1. The van der Waals surface area contributed by atoms with Gasteiger partial charge in [0.15, 0.2) is 5.58 Å². The van der Waals surface area contributed by atoms with E-state index in [-0.39, 0.29) is 5.75 Å². The molecule has 4 heteroatoms.